The van der Waals surface area contributed by atoms with E-state index in [1.165, 1.54) is 45.3 Å². The maximum atomic E-state index is 5.84. The van der Waals surface area contributed by atoms with Gasteiger partial charge in [-0.05, 0) is 51.7 Å². The van der Waals surface area contributed by atoms with Crippen LogP contribution in [-0.2, 0) is 0 Å². The van der Waals surface area contributed by atoms with Gasteiger partial charge >= 0.3 is 0 Å². The fourth-order valence-electron chi connectivity index (χ4n) is 1.79. The highest BCUT2D eigenvalue weighted by Crippen LogP contribution is 2.09. The third-order valence-electron chi connectivity index (χ3n) is 2.77. The highest BCUT2D eigenvalue weighted by atomic mass is 15.1. The first-order chi connectivity index (χ1) is 5.83. The van der Waals surface area contributed by atoms with E-state index in [-0.39, 0.29) is 0 Å². The largest absolute Gasteiger partial charge is 0.328 e. The van der Waals surface area contributed by atoms with E-state index in [9.17, 15) is 0 Å². The molecule has 0 saturated carbocycles. The van der Waals surface area contributed by atoms with Gasteiger partial charge in [0.25, 0.3) is 0 Å². The molecule has 1 aliphatic heterocycles. The van der Waals surface area contributed by atoms with Gasteiger partial charge in [-0.25, -0.2) is 0 Å². The molecule has 1 rings (SSSR count). The fraction of sp³-hybridized carbons (Fsp3) is 1.00. The number of hydrogen-bond acceptors (Lipinski definition) is 2. The van der Waals surface area contributed by atoms with Gasteiger partial charge in [-0.3, -0.25) is 0 Å². The number of hydrogen-bond donors (Lipinski definition) is 1. The lowest BCUT2D eigenvalue weighted by atomic mass is 10.1. The van der Waals surface area contributed by atoms with E-state index < -0.39 is 0 Å². The van der Waals surface area contributed by atoms with Crippen LogP contribution in [-0.4, -0.2) is 30.6 Å². The van der Waals surface area contributed by atoms with Crippen LogP contribution >= 0.6 is 0 Å². The Morgan fingerprint density at radius 2 is 2.00 bits per heavy atom. The van der Waals surface area contributed by atoms with Crippen LogP contribution in [0.25, 0.3) is 0 Å². The van der Waals surface area contributed by atoms with Crippen molar-refractivity contribution in [1.29, 1.82) is 0 Å². The monoisotopic (exact) mass is 170 g/mol. The first kappa shape index (κ1) is 10.0. The van der Waals surface area contributed by atoms with Gasteiger partial charge in [0.05, 0.1) is 0 Å². The predicted octanol–water partition coefficient (Wildman–Crippen LogP) is 1.60. The molecule has 0 aromatic heterocycles. The summed E-state index contributed by atoms with van der Waals surface area (Å²) in [4.78, 5) is 2.56. The second kappa shape index (κ2) is 5.55. The molecule has 0 aromatic rings. The van der Waals surface area contributed by atoms with Gasteiger partial charge in [0.1, 0.15) is 0 Å². The average Bonchev–Trinajstić information content (AvgIpc) is 2.57. The third-order valence-corrected chi connectivity index (χ3v) is 2.77. The summed E-state index contributed by atoms with van der Waals surface area (Å²) in [6, 6.07) is 0.438. The molecule has 2 heteroatoms. The van der Waals surface area contributed by atoms with Gasteiger partial charge in [0.15, 0.2) is 0 Å². The minimum Gasteiger partial charge on any atom is -0.328 e. The third kappa shape index (κ3) is 3.55. The van der Waals surface area contributed by atoms with Crippen LogP contribution in [0.4, 0.5) is 0 Å². The summed E-state index contributed by atoms with van der Waals surface area (Å²) in [6.45, 7) is 6.08. The van der Waals surface area contributed by atoms with Crippen LogP contribution in [0.1, 0.15) is 39.0 Å². The Bertz CT molecular complexity index is 108. The van der Waals surface area contributed by atoms with Crippen LogP contribution in [0, 0.1) is 0 Å². The highest BCUT2D eigenvalue weighted by molar-refractivity contribution is 4.67. The Labute approximate surface area is 76.1 Å². The van der Waals surface area contributed by atoms with Gasteiger partial charge in [0, 0.05) is 6.04 Å². The molecule has 0 amide bonds. The van der Waals surface area contributed by atoms with E-state index >= 15 is 0 Å². The summed E-state index contributed by atoms with van der Waals surface area (Å²) in [5.41, 5.74) is 5.84. The van der Waals surface area contributed by atoms with Crippen molar-refractivity contribution in [2.45, 2.75) is 45.1 Å². The molecular formula is C10H22N2. The summed E-state index contributed by atoms with van der Waals surface area (Å²) >= 11 is 0. The minimum absolute atomic E-state index is 0.438. The van der Waals surface area contributed by atoms with Crippen molar-refractivity contribution < 1.29 is 0 Å². The molecule has 0 bridgehead atoms. The quantitative estimate of drug-likeness (QED) is 0.679. The highest BCUT2D eigenvalue weighted by Gasteiger charge is 2.10. The normalized spacial score (nSPS) is 21.5. The lowest BCUT2D eigenvalue weighted by molar-refractivity contribution is 0.324. The summed E-state index contributed by atoms with van der Waals surface area (Å²) in [5.74, 6) is 0. The minimum atomic E-state index is 0.438. The smallest absolute Gasteiger partial charge is 0.00366 e. The number of nitrogens with zero attached hydrogens (tertiary/aromatic N) is 1. The lowest BCUT2D eigenvalue weighted by Gasteiger charge is -2.15. The Hall–Kier alpha value is -0.0800. The molecular weight excluding hydrogens is 148 g/mol. The molecule has 0 aliphatic carbocycles. The van der Waals surface area contributed by atoms with Crippen LogP contribution < -0.4 is 5.73 Å². The zero-order valence-electron chi connectivity index (χ0n) is 8.26. The Morgan fingerprint density at radius 3 is 2.58 bits per heavy atom. The average molecular weight is 170 g/mol. The first-order valence-electron chi connectivity index (χ1n) is 5.31. The summed E-state index contributed by atoms with van der Waals surface area (Å²) in [7, 11) is 0. The van der Waals surface area contributed by atoms with Crippen LogP contribution in [0.15, 0.2) is 0 Å². The van der Waals surface area contributed by atoms with Gasteiger partial charge in [-0.15, -0.1) is 0 Å². The first-order valence-corrected chi connectivity index (χ1v) is 5.31. The molecule has 72 valence electrons. The molecule has 0 radical (unpaired) electrons. The summed E-state index contributed by atoms with van der Waals surface area (Å²) < 4.78 is 0. The number of nitrogens with two attached hydrogens (primary N) is 1. The van der Waals surface area contributed by atoms with Crippen molar-refractivity contribution >= 4 is 0 Å². The second-order valence-electron chi connectivity index (χ2n) is 3.86. The Morgan fingerprint density at radius 1 is 1.33 bits per heavy atom. The predicted molar refractivity (Wildman–Crippen MR) is 53.2 cm³/mol. The van der Waals surface area contributed by atoms with Gasteiger partial charge in [-0.1, -0.05) is 6.92 Å². The Kier molecular flexibility index (Phi) is 4.62. The molecule has 1 aliphatic rings. The van der Waals surface area contributed by atoms with Crippen molar-refractivity contribution in [2.24, 2.45) is 5.73 Å². The molecule has 2 N–H and O–H groups in total. The molecule has 1 fully saturated rings. The zero-order valence-corrected chi connectivity index (χ0v) is 8.26. The van der Waals surface area contributed by atoms with Gasteiger partial charge in [0.2, 0.25) is 0 Å². The second-order valence-corrected chi connectivity index (χ2v) is 3.86. The van der Waals surface area contributed by atoms with Crippen LogP contribution in [0.2, 0.25) is 0 Å². The van der Waals surface area contributed by atoms with E-state index in [1.807, 2.05) is 0 Å². The SMILES string of the molecule is CCC(N)CCCN1CCCC1. The number of rotatable bonds is 5. The maximum Gasteiger partial charge on any atom is 0.00366 e. The fourth-order valence-corrected chi connectivity index (χ4v) is 1.79. The summed E-state index contributed by atoms with van der Waals surface area (Å²) in [5, 5.41) is 0. The number of likely N-dealkylation sites (tertiary alicyclic amines) is 1. The molecule has 12 heavy (non-hydrogen) atoms. The van der Waals surface area contributed by atoms with Crippen molar-refractivity contribution in [1.82, 2.24) is 4.90 Å². The molecule has 1 atom stereocenters. The standard InChI is InChI=1S/C10H22N2/c1-2-10(11)6-5-9-12-7-3-4-8-12/h10H,2-9,11H2,1H3. The molecule has 0 aromatic carbocycles. The topological polar surface area (TPSA) is 29.3 Å². The van der Waals surface area contributed by atoms with Gasteiger partial charge < -0.3 is 10.6 Å². The molecule has 2 nitrogen and oxygen atoms in total. The molecule has 1 unspecified atom stereocenters. The van der Waals surface area contributed by atoms with Crippen molar-refractivity contribution in [2.75, 3.05) is 19.6 Å². The maximum absolute atomic E-state index is 5.84. The van der Waals surface area contributed by atoms with E-state index in [1.54, 1.807) is 0 Å². The van der Waals surface area contributed by atoms with Crippen molar-refractivity contribution in [3.8, 4) is 0 Å². The molecule has 1 heterocycles. The lowest BCUT2D eigenvalue weighted by Crippen LogP contribution is -2.24. The van der Waals surface area contributed by atoms with Crippen molar-refractivity contribution in [3.05, 3.63) is 0 Å². The van der Waals surface area contributed by atoms with Gasteiger partial charge in [-0.2, -0.15) is 0 Å². The zero-order chi connectivity index (χ0) is 8.81. The molecule has 1 saturated heterocycles. The van der Waals surface area contributed by atoms with Crippen LogP contribution in [0.5, 0.6) is 0 Å². The van der Waals surface area contributed by atoms with E-state index in [2.05, 4.69) is 11.8 Å². The van der Waals surface area contributed by atoms with Crippen LogP contribution in [0.3, 0.4) is 0 Å². The van der Waals surface area contributed by atoms with E-state index in [4.69, 9.17) is 5.73 Å². The molecule has 0 spiro atoms. The van der Waals surface area contributed by atoms with E-state index in [0.29, 0.717) is 6.04 Å². The summed E-state index contributed by atoms with van der Waals surface area (Å²) in [6.07, 6.45) is 6.42. The Balaban J connectivity index is 1.94. The van der Waals surface area contributed by atoms with E-state index in [0.717, 1.165) is 6.42 Å². The van der Waals surface area contributed by atoms with Crippen molar-refractivity contribution in [3.63, 3.8) is 0 Å².